The zero-order chi connectivity index (χ0) is 21.7. The van der Waals surface area contributed by atoms with Crippen molar-refractivity contribution in [3.05, 3.63) is 49.1 Å². The van der Waals surface area contributed by atoms with Gasteiger partial charge in [-0.25, -0.2) is 9.78 Å². The molecule has 0 fully saturated rings. The lowest BCUT2D eigenvalue weighted by Crippen LogP contribution is -2.46. The van der Waals surface area contributed by atoms with Crippen LogP contribution in [0.3, 0.4) is 0 Å². The largest absolute Gasteiger partial charge is 0.456 e. The first-order valence-corrected chi connectivity index (χ1v) is 9.22. The van der Waals surface area contributed by atoms with Crippen molar-refractivity contribution < 1.29 is 19.4 Å². The molecule has 0 aliphatic heterocycles. The smallest absolute Gasteiger partial charge is 0.327 e. The molecule has 0 saturated carbocycles. The first kappa shape index (κ1) is 20.9. The Kier molecular flexibility index (Phi) is 6.07. The zero-order valence-corrected chi connectivity index (χ0v) is 16.8. The van der Waals surface area contributed by atoms with Gasteiger partial charge in [-0.15, -0.1) is 0 Å². The maximum atomic E-state index is 11.8. The van der Waals surface area contributed by atoms with E-state index >= 15 is 0 Å². The highest BCUT2D eigenvalue weighted by Crippen LogP contribution is 2.25. The standard InChI is InChI=1S/C20H22N6O4/c1-4-26-12-13(10-23-26)16-9-14(7-8-21-16)30-15-5-6-17(22-11-15)24-19(28)25-18(27)20(2,3)29/h5-12,29H,4H2,1-3H3,(H2,22,24,25,27,28). The summed E-state index contributed by atoms with van der Waals surface area (Å²) in [5, 5.41) is 18.2. The lowest BCUT2D eigenvalue weighted by Gasteiger charge is -2.15. The van der Waals surface area contributed by atoms with Crippen LogP contribution in [0.1, 0.15) is 20.8 Å². The molecule has 3 heterocycles. The lowest BCUT2D eigenvalue weighted by atomic mass is 10.1. The zero-order valence-electron chi connectivity index (χ0n) is 16.8. The summed E-state index contributed by atoms with van der Waals surface area (Å²) in [7, 11) is 0. The fourth-order valence-corrected chi connectivity index (χ4v) is 2.36. The Morgan fingerprint density at radius 3 is 2.60 bits per heavy atom. The number of hydrogen-bond acceptors (Lipinski definition) is 7. The molecule has 0 unspecified atom stereocenters. The van der Waals surface area contributed by atoms with Crippen LogP contribution in [0.15, 0.2) is 49.1 Å². The van der Waals surface area contributed by atoms with Crippen LogP contribution in [0.5, 0.6) is 11.5 Å². The number of aliphatic hydroxyl groups is 1. The average Bonchev–Trinajstić information content (AvgIpc) is 3.18. The minimum absolute atomic E-state index is 0.214. The van der Waals surface area contributed by atoms with E-state index in [1.807, 2.05) is 23.1 Å². The molecule has 0 spiro atoms. The maximum Gasteiger partial charge on any atom is 0.327 e. The number of imide groups is 1. The molecule has 10 nitrogen and oxygen atoms in total. The molecule has 30 heavy (non-hydrogen) atoms. The van der Waals surface area contributed by atoms with E-state index in [4.69, 9.17) is 4.74 Å². The van der Waals surface area contributed by atoms with Crippen LogP contribution in [0.4, 0.5) is 10.6 Å². The predicted octanol–water partition coefficient (Wildman–Crippen LogP) is 2.57. The van der Waals surface area contributed by atoms with Crippen molar-refractivity contribution in [1.29, 1.82) is 0 Å². The number of urea groups is 1. The molecule has 3 aromatic heterocycles. The monoisotopic (exact) mass is 410 g/mol. The highest BCUT2D eigenvalue weighted by atomic mass is 16.5. The molecule has 0 aliphatic carbocycles. The van der Waals surface area contributed by atoms with Crippen LogP contribution in [0.25, 0.3) is 11.3 Å². The van der Waals surface area contributed by atoms with E-state index in [0.29, 0.717) is 11.5 Å². The van der Waals surface area contributed by atoms with Crippen LogP contribution < -0.4 is 15.4 Å². The minimum atomic E-state index is -1.67. The number of nitrogens with one attached hydrogen (secondary N) is 2. The lowest BCUT2D eigenvalue weighted by molar-refractivity contribution is -0.135. The minimum Gasteiger partial charge on any atom is -0.456 e. The van der Waals surface area contributed by atoms with Gasteiger partial charge in [0.2, 0.25) is 0 Å². The van der Waals surface area contributed by atoms with Gasteiger partial charge in [-0.1, -0.05) is 0 Å². The van der Waals surface area contributed by atoms with Crippen molar-refractivity contribution in [3.63, 3.8) is 0 Å². The summed E-state index contributed by atoms with van der Waals surface area (Å²) in [6.45, 7) is 5.33. The second-order valence-corrected chi connectivity index (χ2v) is 6.91. The Labute approximate surface area is 172 Å². The molecule has 3 rings (SSSR count). The maximum absolute atomic E-state index is 11.8. The number of carbonyl (C=O) groups is 2. The number of hydrogen-bond donors (Lipinski definition) is 3. The molecule has 0 radical (unpaired) electrons. The normalized spacial score (nSPS) is 11.1. The van der Waals surface area contributed by atoms with Gasteiger partial charge in [0, 0.05) is 30.6 Å². The molecule has 3 aromatic rings. The number of aryl methyl sites for hydroxylation is 1. The first-order valence-electron chi connectivity index (χ1n) is 9.22. The summed E-state index contributed by atoms with van der Waals surface area (Å²) in [6.07, 6.45) is 6.72. The Morgan fingerprint density at radius 1 is 1.17 bits per heavy atom. The van der Waals surface area contributed by atoms with Gasteiger partial charge in [-0.05, 0) is 39.0 Å². The van der Waals surface area contributed by atoms with E-state index in [-0.39, 0.29) is 5.82 Å². The fraction of sp³-hybridized carbons (Fsp3) is 0.250. The summed E-state index contributed by atoms with van der Waals surface area (Å²) in [5.74, 6) is 0.416. The van der Waals surface area contributed by atoms with Crippen molar-refractivity contribution in [3.8, 4) is 22.8 Å². The second kappa shape index (κ2) is 8.70. The molecular formula is C20H22N6O4. The van der Waals surface area contributed by atoms with Gasteiger partial charge in [0.25, 0.3) is 5.91 Å². The molecule has 3 amide bonds. The van der Waals surface area contributed by atoms with E-state index in [9.17, 15) is 14.7 Å². The van der Waals surface area contributed by atoms with Crippen LogP contribution in [0, 0.1) is 0 Å². The molecule has 3 N–H and O–H groups in total. The molecule has 0 aliphatic rings. The first-order chi connectivity index (χ1) is 14.2. The third-order valence-electron chi connectivity index (χ3n) is 3.98. The third kappa shape index (κ3) is 5.39. The van der Waals surface area contributed by atoms with Gasteiger partial charge in [0.15, 0.2) is 0 Å². The quantitative estimate of drug-likeness (QED) is 0.569. The average molecular weight is 410 g/mol. The van der Waals surface area contributed by atoms with E-state index < -0.39 is 17.5 Å². The summed E-state index contributed by atoms with van der Waals surface area (Å²) in [4.78, 5) is 31.8. The van der Waals surface area contributed by atoms with Crippen molar-refractivity contribution in [2.24, 2.45) is 0 Å². The van der Waals surface area contributed by atoms with Crippen molar-refractivity contribution in [2.45, 2.75) is 32.9 Å². The Bertz CT molecular complexity index is 1040. The van der Waals surface area contributed by atoms with Gasteiger partial charge < -0.3 is 9.84 Å². The number of amides is 3. The van der Waals surface area contributed by atoms with E-state index in [1.54, 1.807) is 30.6 Å². The molecule has 0 bridgehead atoms. The highest BCUT2D eigenvalue weighted by molar-refractivity contribution is 6.03. The molecule has 0 atom stereocenters. The van der Waals surface area contributed by atoms with Gasteiger partial charge in [-0.3, -0.25) is 25.1 Å². The van der Waals surface area contributed by atoms with Crippen LogP contribution in [-0.4, -0.2) is 42.4 Å². The van der Waals surface area contributed by atoms with Crippen LogP contribution in [0.2, 0.25) is 0 Å². The molecule has 156 valence electrons. The summed E-state index contributed by atoms with van der Waals surface area (Å²) in [6, 6.07) is 5.86. The van der Waals surface area contributed by atoms with Gasteiger partial charge in [0.05, 0.1) is 18.1 Å². The number of nitrogens with zero attached hydrogens (tertiary/aromatic N) is 4. The Balaban J connectivity index is 1.62. The molecule has 0 saturated heterocycles. The predicted molar refractivity (Wildman–Crippen MR) is 109 cm³/mol. The third-order valence-corrected chi connectivity index (χ3v) is 3.98. The van der Waals surface area contributed by atoms with E-state index in [0.717, 1.165) is 17.8 Å². The SMILES string of the molecule is CCn1cc(-c2cc(Oc3ccc(NC(=O)NC(=O)C(C)(C)O)nc3)ccn2)cn1. The molecule has 10 heteroatoms. The number of carbonyl (C=O) groups excluding carboxylic acids is 2. The summed E-state index contributed by atoms with van der Waals surface area (Å²) >= 11 is 0. The number of pyridine rings is 2. The second-order valence-electron chi connectivity index (χ2n) is 6.91. The number of anilines is 1. The van der Waals surface area contributed by atoms with Gasteiger partial charge in [0.1, 0.15) is 22.9 Å². The van der Waals surface area contributed by atoms with Crippen molar-refractivity contribution in [1.82, 2.24) is 25.1 Å². The van der Waals surface area contributed by atoms with E-state index in [1.165, 1.54) is 26.1 Å². The number of aromatic nitrogens is 4. The highest BCUT2D eigenvalue weighted by Gasteiger charge is 2.25. The Morgan fingerprint density at radius 2 is 1.97 bits per heavy atom. The van der Waals surface area contributed by atoms with Gasteiger partial charge >= 0.3 is 6.03 Å². The number of rotatable bonds is 6. The summed E-state index contributed by atoms with van der Waals surface area (Å²) < 4.78 is 7.61. The number of ether oxygens (including phenoxy) is 1. The van der Waals surface area contributed by atoms with Crippen LogP contribution in [-0.2, 0) is 11.3 Å². The topological polar surface area (TPSA) is 131 Å². The molecule has 0 aromatic carbocycles. The van der Waals surface area contributed by atoms with Crippen LogP contribution >= 0.6 is 0 Å². The molecular weight excluding hydrogens is 388 g/mol. The van der Waals surface area contributed by atoms with Crippen molar-refractivity contribution >= 4 is 17.8 Å². The fourth-order valence-electron chi connectivity index (χ4n) is 2.36. The van der Waals surface area contributed by atoms with Crippen molar-refractivity contribution in [2.75, 3.05) is 5.32 Å². The van der Waals surface area contributed by atoms with Gasteiger partial charge in [-0.2, -0.15) is 5.10 Å². The Hall–Kier alpha value is -3.79. The van der Waals surface area contributed by atoms with E-state index in [2.05, 4.69) is 20.4 Å². The summed E-state index contributed by atoms with van der Waals surface area (Å²) in [5.41, 5.74) is -0.0562.